The third kappa shape index (κ3) is 4.25. The van der Waals surface area contributed by atoms with Crippen LogP contribution in [0.3, 0.4) is 0 Å². The Bertz CT molecular complexity index is 1290. The summed E-state index contributed by atoms with van der Waals surface area (Å²) in [5, 5.41) is 8.11. The average molecular weight is 485 g/mol. The van der Waals surface area contributed by atoms with Crippen LogP contribution in [0.5, 0.6) is 5.75 Å². The van der Waals surface area contributed by atoms with Crippen LogP contribution in [-0.2, 0) is 11.8 Å². The van der Waals surface area contributed by atoms with Crippen LogP contribution in [0.1, 0.15) is 27.2 Å². The van der Waals surface area contributed by atoms with Crippen LogP contribution >= 0.6 is 11.6 Å². The lowest BCUT2D eigenvalue weighted by molar-refractivity contribution is -0.00571. The van der Waals surface area contributed by atoms with Crippen molar-refractivity contribution >= 4 is 45.6 Å². The molecule has 10 heteroatoms. The fourth-order valence-electron chi connectivity index (χ4n) is 4.61. The van der Waals surface area contributed by atoms with Crippen molar-refractivity contribution in [3.05, 3.63) is 39.8 Å². The topological polar surface area (TPSA) is 93.5 Å². The Kier molecular flexibility index (Phi) is 5.99. The highest BCUT2D eigenvalue weighted by molar-refractivity contribution is 6.32. The molecule has 5 rings (SSSR count). The zero-order valence-electron chi connectivity index (χ0n) is 19.8. The summed E-state index contributed by atoms with van der Waals surface area (Å²) in [6.07, 6.45) is 2.62. The molecular weight excluding hydrogens is 456 g/mol. The second-order valence-corrected chi connectivity index (χ2v) is 9.54. The number of hydrogen-bond acceptors (Lipinski definition) is 8. The molecule has 3 aromatic rings. The van der Waals surface area contributed by atoms with Gasteiger partial charge in [-0.2, -0.15) is 4.98 Å². The van der Waals surface area contributed by atoms with Gasteiger partial charge < -0.3 is 29.6 Å². The summed E-state index contributed by atoms with van der Waals surface area (Å²) in [5.41, 5.74) is 2.17. The van der Waals surface area contributed by atoms with Gasteiger partial charge in [-0.05, 0) is 39.0 Å². The summed E-state index contributed by atoms with van der Waals surface area (Å²) >= 11 is 6.45. The Balaban J connectivity index is 1.52. The number of aromatic nitrogens is 3. The van der Waals surface area contributed by atoms with E-state index < -0.39 is 0 Å². The molecule has 180 valence electrons. The van der Waals surface area contributed by atoms with E-state index in [-0.39, 0.29) is 23.8 Å². The van der Waals surface area contributed by atoms with E-state index in [0.29, 0.717) is 42.2 Å². The van der Waals surface area contributed by atoms with E-state index in [1.807, 2.05) is 32.0 Å². The first-order valence-corrected chi connectivity index (χ1v) is 11.9. The van der Waals surface area contributed by atoms with Gasteiger partial charge in [-0.15, -0.1) is 0 Å². The van der Waals surface area contributed by atoms with Crippen LogP contribution in [-0.4, -0.2) is 52.5 Å². The minimum absolute atomic E-state index is 0.0962. The van der Waals surface area contributed by atoms with Gasteiger partial charge in [0.15, 0.2) is 5.82 Å². The number of rotatable bonds is 3. The molecule has 1 saturated heterocycles. The zero-order valence-corrected chi connectivity index (χ0v) is 20.5. The second-order valence-electron chi connectivity index (χ2n) is 9.14. The quantitative estimate of drug-likeness (QED) is 0.577. The van der Waals surface area contributed by atoms with E-state index in [0.717, 1.165) is 28.7 Å². The molecule has 0 bridgehead atoms. The number of ether oxygens (including phenoxy) is 2. The molecule has 2 aromatic heterocycles. The van der Waals surface area contributed by atoms with Crippen LogP contribution in [0.15, 0.2) is 29.2 Å². The third-order valence-corrected chi connectivity index (χ3v) is 6.51. The molecule has 3 atom stereocenters. The van der Waals surface area contributed by atoms with Crippen molar-refractivity contribution in [2.45, 2.75) is 45.4 Å². The van der Waals surface area contributed by atoms with Crippen molar-refractivity contribution in [1.29, 1.82) is 0 Å². The van der Waals surface area contributed by atoms with Gasteiger partial charge in [-0.1, -0.05) is 11.6 Å². The lowest BCUT2D eigenvalue weighted by Crippen LogP contribution is -2.46. The predicted octanol–water partition coefficient (Wildman–Crippen LogP) is 3.92. The van der Waals surface area contributed by atoms with Gasteiger partial charge in [0.1, 0.15) is 5.02 Å². The van der Waals surface area contributed by atoms with Gasteiger partial charge in [0.2, 0.25) is 11.7 Å². The molecular formula is C24H29ClN6O3. The highest BCUT2D eigenvalue weighted by atomic mass is 35.5. The molecule has 2 aliphatic rings. The highest BCUT2D eigenvalue weighted by Gasteiger charge is 2.25. The third-order valence-electron chi connectivity index (χ3n) is 6.24. The molecule has 0 saturated carbocycles. The summed E-state index contributed by atoms with van der Waals surface area (Å²) in [6, 6.07) is 5.99. The van der Waals surface area contributed by atoms with Gasteiger partial charge in [0, 0.05) is 43.7 Å². The Morgan fingerprint density at radius 2 is 1.97 bits per heavy atom. The first kappa shape index (κ1) is 22.7. The van der Waals surface area contributed by atoms with E-state index in [1.165, 1.54) is 0 Å². The molecule has 0 aliphatic carbocycles. The summed E-state index contributed by atoms with van der Waals surface area (Å²) < 4.78 is 13.3. The first-order valence-electron chi connectivity index (χ1n) is 11.6. The van der Waals surface area contributed by atoms with Crippen molar-refractivity contribution in [3.8, 4) is 5.75 Å². The van der Waals surface area contributed by atoms with Gasteiger partial charge in [0.25, 0.3) is 5.56 Å². The smallest absolute Gasteiger partial charge is 0.295 e. The number of benzene rings is 1. The summed E-state index contributed by atoms with van der Waals surface area (Å²) in [7, 11) is 1.76. The number of pyridine rings is 1. The highest BCUT2D eigenvalue weighted by Crippen LogP contribution is 2.35. The maximum absolute atomic E-state index is 12.9. The molecule has 1 fully saturated rings. The van der Waals surface area contributed by atoms with Crippen molar-refractivity contribution in [1.82, 2.24) is 14.5 Å². The maximum Gasteiger partial charge on any atom is 0.295 e. The van der Waals surface area contributed by atoms with Crippen LogP contribution < -0.4 is 25.8 Å². The SMILES string of the molecule is CC1CCOc2c(c3cc(Nc4nc(N5C[C@@H](C)O[C@@H](C)C5)ncc4Cl)ccc3n(C)c2=O)N1. The molecule has 2 aliphatic heterocycles. The molecule has 0 radical (unpaired) electrons. The van der Waals surface area contributed by atoms with Crippen LogP contribution in [0.2, 0.25) is 5.02 Å². The maximum atomic E-state index is 12.9. The van der Waals surface area contributed by atoms with E-state index >= 15 is 0 Å². The number of anilines is 4. The number of morpholine rings is 1. The second kappa shape index (κ2) is 8.96. The number of nitrogens with one attached hydrogen (secondary N) is 2. The molecule has 9 nitrogen and oxygen atoms in total. The number of fused-ring (bicyclic) bond motifs is 3. The van der Waals surface area contributed by atoms with Crippen LogP contribution in [0.25, 0.3) is 10.9 Å². The van der Waals surface area contributed by atoms with Crippen molar-refractivity contribution in [3.63, 3.8) is 0 Å². The standard InChI is InChI=1S/C24H29ClN6O3/c1-13-7-8-33-21-20(27-13)17-9-16(5-6-19(17)30(4)23(21)32)28-22-18(25)10-26-24(29-22)31-11-14(2)34-15(3)12-31/h5-6,9-10,13-15,27H,7-8,11-12H2,1-4H3,(H,26,28,29)/t13?,14-,15+. The van der Waals surface area contributed by atoms with E-state index in [2.05, 4.69) is 27.4 Å². The molecule has 4 heterocycles. The first-order chi connectivity index (χ1) is 16.3. The van der Waals surface area contributed by atoms with Crippen LogP contribution in [0.4, 0.5) is 23.1 Å². The van der Waals surface area contributed by atoms with Gasteiger partial charge in [-0.3, -0.25) is 4.79 Å². The van der Waals surface area contributed by atoms with Crippen molar-refractivity contribution in [2.75, 3.05) is 35.2 Å². The summed E-state index contributed by atoms with van der Waals surface area (Å²) in [4.78, 5) is 24.1. The Morgan fingerprint density at radius 1 is 1.21 bits per heavy atom. The van der Waals surface area contributed by atoms with E-state index in [4.69, 9.17) is 26.1 Å². The Hall–Kier alpha value is -3.04. The molecule has 0 spiro atoms. The summed E-state index contributed by atoms with van der Waals surface area (Å²) in [5.74, 6) is 1.48. The summed E-state index contributed by atoms with van der Waals surface area (Å²) in [6.45, 7) is 8.09. The largest absolute Gasteiger partial charge is 0.486 e. The number of aryl methyl sites for hydroxylation is 1. The lowest BCUT2D eigenvalue weighted by atomic mass is 10.1. The molecule has 34 heavy (non-hydrogen) atoms. The van der Waals surface area contributed by atoms with E-state index in [9.17, 15) is 4.79 Å². The minimum atomic E-state index is -0.151. The molecule has 2 N–H and O–H groups in total. The Morgan fingerprint density at radius 3 is 2.74 bits per heavy atom. The zero-order chi connectivity index (χ0) is 24.0. The Labute approximate surface area is 203 Å². The predicted molar refractivity (Wildman–Crippen MR) is 135 cm³/mol. The fraction of sp³-hybridized carbons (Fsp3) is 0.458. The van der Waals surface area contributed by atoms with E-state index in [1.54, 1.807) is 17.8 Å². The van der Waals surface area contributed by atoms with Gasteiger partial charge >= 0.3 is 0 Å². The monoisotopic (exact) mass is 484 g/mol. The number of halogens is 1. The van der Waals surface area contributed by atoms with Crippen molar-refractivity contribution < 1.29 is 9.47 Å². The molecule has 1 aromatic carbocycles. The number of hydrogen-bond donors (Lipinski definition) is 2. The minimum Gasteiger partial charge on any atom is -0.486 e. The fourth-order valence-corrected chi connectivity index (χ4v) is 4.75. The normalized spacial score (nSPS) is 22.5. The number of nitrogens with zero attached hydrogens (tertiary/aromatic N) is 4. The van der Waals surface area contributed by atoms with Crippen LogP contribution in [0, 0.1) is 0 Å². The molecule has 0 amide bonds. The molecule has 1 unspecified atom stereocenters. The lowest BCUT2D eigenvalue weighted by Gasteiger charge is -2.35. The average Bonchev–Trinajstić information content (AvgIpc) is 3.00. The van der Waals surface area contributed by atoms with Gasteiger partial charge in [0.05, 0.1) is 36.2 Å². The van der Waals surface area contributed by atoms with Gasteiger partial charge in [-0.25, -0.2) is 4.98 Å². The van der Waals surface area contributed by atoms with Crippen molar-refractivity contribution in [2.24, 2.45) is 7.05 Å².